The van der Waals surface area contributed by atoms with E-state index in [0.717, 1.165) is 20.9 Å². The number of carbonyl (C=O) groups excluding carboxylic acids is 2. The highest BCUT2D eigenvalue weighted by Crippen LogP contribution is 2.34. The lowest BCUT2D eigenvalue weighted by atomic mass is 10.1. The van der Waals surface area contributed by atoms with Gasteiger partial charge in [-0.05, 0) is 76.3 Å². The standard InChI is InChI=1S/C21H13IN2O5S/c22-15-5-1-13(2-6-15)12-23-20(25)19(30-21(23)26)11-17-9-10-18(29-17)14-3-7-16(8-4-14)24(27)28/h1-11H,12H2/b19-11-. The van der Waals surface area contributed by atoms with E-state index >= 15 is 0 Å². The molecule has 1 aliphatic heterocycles. The second-order valence-electron chi connectivity index (χ2n) is 6.40. The van der Waals surface area contributed by atoms with Crippen LogP contribution in [0.3, 0.4) is 0 Å². The highest BCUT2D eigenvalue weighted by molar-refractivity contribution is 14.1. The van der Waals surface area contributed by atoms with Crippen molar-refractivity contribution < 1.29 is 18.9 Å². The van der Waals surface area contributed by atoms with Gasteiger partial charge in [0.15, 0.2) is 0 Å². The molecule has 1 saturated heterocycles. The molecule has 0 saturated carbocycles. The fourth-order valence-corrected chi connectivity index (χ4v) is 4.05. The first kappa shape index (κ1) is 20.4. The summed E-state index contributed by atoms with van der Waals surface area (Å²) < 4.78 is 6.82. The van der Waals surface area contributed by atoms with Crippen LogP contribution in [0.25, 0.3) is 17.4 Å². The fourth-order valence-electron chi connectivity index (χ4n) is 2.87. The second kappa shape index (κ2) is 8.44. The van der Waals surface area contributed by atoms with Crippen LogP contribution in [0, 0.1) is 13.7 Å². The minimum absolute atomic E-state index is 0.00710. The lowest BCUT2D eigenvalue weighted by molar-refractivity contribution is -0.384. The van der Waals surface area contributed by atoms with Crippen molar-refractivity contribution in [2.75, 3.05) is 0 Å². The van der Waals surface area contributed by atoms with E-state index in [-0.39, 0.29) is 28.3 Å². The molecule has 150 valence electrons. The van der Waals surface area contributed by atoms with Gasteiger partial charge in [-0.25, -0.2) is 0 Å². The molecule has 7 nitrogen and oxygen atoms in total. The van der Waals surface area contributed by atoms with E-state index in [4.69, 9.17) is 4.42 Å². The molecule has 4 rings (SSSR count). The number of rotatable bonds is 5. The summed E-state index contributed by atoms with van der Waals surface area (Å²) in [5.74, 6) is 0.564. The normalized spacial score (nSPS) is 15.2. The van der Waals surface area contributed by atoms with E-state index in [0.29, 0.717) is 17.1 Å². The van der Waals surface area contributed by atoms with Gasteiger partial charge in [-0.2, -0.15) is 0 Å². The topological polar surface area (TPSA) is 93.7 Å². The van der Waals surface area contributed by atoms with Crippen molar-refractivity contribution in [1.82, 2.24) is 4.90 Å². The molecular formula is C21H13IN2O5S. The zero-order chi connectivity index (χ0) is 21.3. The molecule has 9 heteroatoms. The number of carbonyl (C=O) groups is 2. The lowest BCUT2D eigenvalue weighted by Crippen LogP contribution is -2.27. The zero-order valence-corrected chi connectivity index (χ0v) is 18.3. The van der Waals surface area contributed by atoms with Crippen LogP contribution in [0.5, 0.6) is 0 Å². The Labute approximate surface area is 189 Å². The summed E-state index contributed by atoms with van der Waals surface area (Å²) in [4.78, 5) is 36.8. The zero-order valence-electron chi connectivity index (χ0n) is 15.3. The Kier molecular flexibility index (Phi) is 5.73. The quantitative estimate of drug-likeness (QED) is 0.181. The second-order valence-corrected chi connectivity index (χ2v) is 8.64. The minimum Gasteiger partial charge on any atom is -0.457 e. The number of halogens is 1. The molecule has 1 aliphatic rings. The predicted molar refractivity (Wildman–Crippen MR) is 121 cm³/mol. The lowest BCUT2D eigenvalue weighted by Gasteiger charge is -2.12. The van der Waals surface area contributed by atoms with Crippen LogP contribution >= 0.6 is 34.4 Å². The fraction of sp³-hybridized carbons (Fsp3) is 0.0476. The van der Waals surface area contributed by atoms with Gasteiger partial charge in [0.05, 0.1) is 16.4 Å². The molecule has 0 N–H and O–H groups in total. The minimum atomic E-state index is -0.469. The molecule has 1 fully saturated rings. The number of benzene rings is 2. The Balaban J connectivity index is 1.51. The Hall–Kier alpha value is -2.92. The third-order valence-electron chi connectivity index (χ3n) is 4.39. The third-order valence-corrected chi connectivity index (χ3v) is 6.02. The Morgan fingerprint density at radius 3 is 2.40 bits per heavy atom. The number of furan rings is 1. The van der Waals surface area contributed by atoms with E-state index in [9.17, 15) is 19.7 Å². The Morgan fingerprint density at radius 2 is 1.73 bits per heavy atom. The molecule has 2 heterocycles. The van der Waals surface area contributed by atoms with Gasteiger partial charge < -0.3 is 4.42 Å². The average Bonchev–Trinajstić information content (AvgIpc) is 3.30. The Bertz CT molecular complexity index is 1170. The molecular weight excluding hydrogens is 519 g/mol. The largest absolute Gasteiger partial charge is 0.457 e. The molecule has 1 aromatic heterocycles. The first-order valence-electron chi connectivity index (χ1n) is 8.75. The predicted octanol–water partition coefficient (Wildman–Crippen LogP) is 5.70. The number of hydrogen-bond acceptors (Lipinski definition) is 6. The molecule has 0 bridgehead atoms. The molecule has 2 amide bonds. The summed E-state index contributed by atoms with van der Waals surface area (Å²) in [6.07, 6.45) is 1.54. The number of nitro benzene ring substituents is 1. The van der Waals surface area contributed by atoms with Crippen molar-refractivity contribution in [1.29, 1.82) is 0 Å². The summed E-state index contributed by atoms with van der Waals surface area (Å²) in [6, 6.07) is 17.0. The average molecular weight is 532 g/mol. The summed E-state index contributed by atoms with van der Waals surface area (Å²) in [5, 5.41) is 10.4. The number of non-ortho nitro benzene ring substituents is 1. The molecule has 0 unspecified atom stereocenters. The maximum Gasteiger partial charge on any atom is 0.293 e. The van der Waals surface area contributed by atoms with Crippen LogP contribution in [-0.2, 0) is 11.3 Å². The number of amides is 2. The third kappa shape index (κ3) is 4.31. The number of hydrogen-bond donors (Lipinski definition) is 0. The molecule has 0 spiro atoms. The SMILES string of the molecule is O=C1S/C(=C\c2ccc(-c3ccc([N+](=O)[O-])cc3)o2)C(=O)N1Cc1ccc(I)cc1. The van der Waals surface area contributed by atoms with E-state index in [2.05, 4.69) is 22.6 Å². The van der Waals surface area contributed by atoms with Crippen molar-refractivity contribution in [3.63, 3.8) is 0 Å². The van der Waals surface area contributed by atoms with Crippen molar-refractivity contribution in [3.05, 3.63) is 90.6 Å². The van der Waals surface area contributed by atoms with Crippen LogP contribution in [0.15, 0.2) is 70.0 Å². The van der Waals surface area contributed by atoms with Gasteiger partial charge in [-0.15, -0.1) is 0 Å². The van der Waals surface area contributed by atoms with Gasteiger partial charge in [-0.3, -0.25) is 24.6 Å². The van der Waals surface area contributed by atoms with Gasteiger partial charge in [-0.1, -0.05) is 12.1 Å². The molecule has 0 atom stereocenters. The summed E-state index contributed by atoms with van der Waals surface area (Å²) >= 11 is 3.07. The molecule has 30 heavy (non-hydrogen) atoms. The van der Waals surface area contributed by atoms with E-state index in [1.54, 1.807) is 24.3 Å². The maximum atomic E-state index is 12.7. The summed E-state index contributed by atoms with van der Waals surface area (Å²) in [7, 11) is 0. The van der Waals surface area contributed by atoms with Crippen molar-refractivity contribution in [3.8, 4) is 11.3 Å². The molecule has 2 aromatic carbocycles. The first-order chi connectivity index (χ1) is 14.4. The number of imide groups is 1. The Morgan fingerprint density at radius 1 is 1.03 bits per heavy atom. The first-order valence-corrected chi connectivity index (χ1v) is 10.6. The number of thioether (sulfide) groups is 1. The number of nitro groups is 1. The molecule has 0 aliphatic carbocycles. The summed E-state index contributed by atoms with van der Waals surface area (Å²) in [6.45, 7) is 0.213. The summed E-state index contributed by atoms with van der Waals surface area (Å²) in [5.41, 5.74) is 1.54. The highest BCUT2D eigenvalue weighted by Gasteiger charge is 2.35. The van der Waals surface area contributed by atoms with Crippen LogP contribution in [0.1, 0.15) is 11.3 Å². The molecule has 0 radical (unpaired) electrons. The van der Waals surface area contributed by atoms with E-state index < -0.39 is 4.92 Å². The van der Waals surface area contributed by atoms with Crippen LogP contribution in [-0.4, -0.2) is 21.0 Å². The van der Waals surface area contributed by atoms with Gasteiger partial charge in [0, 0.05) is 27.3 Å². The number of nitrogens with zero attached hydrogens (tertiary/aromatic N) is 2. The van der Waals surface area contributed by atoms with Crippen molar-refractivity contribution in [2.45, 2.75) is 6.54 Å². The van der Waals surface area contributed by atoms with Crippen LogP contribution in [0.4, 0.5) is 10.5 Å². The van der Waals surface area contributed by atoms with Gasteiger partial charge in [0.25, 0.3) is 16.8 Å². The van der Waals surface area contributed by atoms with Gasteiger partial charge in [0.1, 0.15) is 11.5 Å². The van der Waals surface area contributed by atoms with E-state index in [1.165, 1.54) is 23.1 Å². The van der Waals surface area contributed by atoms with Crippen molar-refractivity contribution >= 4 is 57.3 Å². The van der Waals surface area contributed by atoms with E-state index in [1.807, 2.05) is 24.3 Å². The van der Waals surface area contributed by atoms with Crippen LogP contribution < -0.4 is 0 Å². The van der Waals surface area contributed by atoms with Crippen LogP contribution in [0.2, 0.25) is 0 Å². The monoisotopic (exact) mass is 532 g/mol. The van der Waals surface area contributed by atoms with Gasteiger partial charge >= 0.3 is 0 Å². The maximum absolute atomic E-state index is 12.7. The van der Waals surface area contributed by atoms with Gasteiger partial charge in [0.2, 0.25) is 0 Å². The molecule has 3 aromatic rings. The highest BCUT2D eigenvalue weighted by atomic mass is 127. The smallest absolute Gasteiger partial charge is 0.293 e. The van der Waals surface area contributed by atoms with Crippen molar-refractivity contribution in [2.24, 2.45) is 0 Å².